The zero-order valence-corrected chi connectivity index (χ0v) is 12.2. The standard InChI is InChI=1S/C12H29N5O/c1-5-8-17(6-2)9-7-14-12(16-13)15-11(3)10-18-4/h11H,5-10,13H2,1-4H3,(H2,14,15,16). The number of guanidine groups is 1. The topological polar surface area (TPSA) is 74.9 Å². The summed E-state index contributed by atoms with van der Waals surface area (Å²) >= 11 is 0. The molecule has 1 atom stereocenters. The Morgan fingerprint density at radius 2 is 2.11 bits per heavy atom. The van der Waals surface area contributed by atoms with Gasteiger partial charge in [0.05, 0.1) is 13.2 Å². The van der Waals surface area contributed by atoms with Gasteiger partial charge in [-0.15, -0.1) is 0 Å². The summed E-state index contributed by atoms with van der Waals surface area (Å²) in [5.41, 5.74) is 2.58. The van der Waals surface area contributed by atoms with Gasteiger partial charge in [-0.25, -0.2) is 5.84 Å². The highest BCUT2D eigenvalue weighted by molar-refractivity contribution is 5.79. The molecule has 0 bridgehead atoms. The largest absolute Gasteiger partial charge is 0.383 e. The van der Waals surface area contributed by atoms with Crippen LogP contribution in [0, 0.1) is 0 Å². The van der Waals surface area contributed by atoms with Crippen molar-refractivity contribution in [3.63, 3.8) is 0 Å². The van der Waals surface area contributed by atoms with E-state index in [0.29, 0.717) is 12.6 Å². The fourth-order valence-electron chi connectivity index (χ4n) is 1.71. The van der Waals surface area contributed by atoms with Crippen LogP contribution in [0.3, 0.4) is 0 Å². The van der Waals surface area contributed by atoms with Gasteiger partial charge in [0, 0.05) is 19.7 Å². The molecule has 0 rings (SSSR count). The van der Waals surface area contributed by atoms with Gasteiger partial charge in [-0.2, -0.15) is 0 Å². The molecule has 0 aliphatic rings. The van der Waals surface area contributed by atoms with Crippen LogP contribution in [-0.4, -0.2) is 56.8 Å². The van der Waals surface area contributed by atoms with Gasteiger partial charge in [0.15, 0.2) is 0 Å². The Labute approximate surface area is 111 Å². The summed E-state index contributed by atoms with van der Waals surface area (Å²) < 4.78 is 5.05. The second-order valence-corrected chi connectivity index (χ2v) is 4.31. The van der Waals surface area contributed by atoms with Crippen LogP contribution in [0.15, 0.2) is 4.99 Å². The Balaban J connectivity index is 4.02. The number of nitrogens with two attached hydrogens (primary N) is 1. The summed E-state index contributed by atoms with van der Waals surface area (Å²) in [5, 5.41) is 3.16. The molecule has 0 amide bonds. The second kappa shape index (κ2) is 11.3. The van der Waals surface area contributed by atoms with Crippen LogP contribution < -0.4 is 16.6 Å². The number of hydrazine groups is 1. The number of ether oxygens (including phenoxy) is 1. The molecule has 6 heteroatoms. The third-order valence-corrected chi connectivity index (χ3v) is 2.61. The summed E-state index contributed by atoms with van der Waals surface area (Å²) in [5.74, 6) is 6.05. The number of methoxy groups -OCH3 is 1. The van der Waals surface area contributed by atoms with Gasteiger partial charge >= 0.3 is 0 Å². The molecule has 6 nitrogen and oxygen atoms in total. The van der Waals surface area contributed by atoms with Crippen molar-refractivity contribution in [2.45, 2.75) is 33.2 Å². The quantitative estimate of drug-likeness (QED) is 0.238. The average molecular weight is 259 g/mol. The van der Waals surface area contributed by atoms with Crippen molar-refractivity contribution in [3.05, 3.63) is 0 Å². The lowest BCUT2D eigenvalue weighted by Crippen LogP contribution is -2.47. The van der Waals surface area contributed by atoms with Crippen molar-refractivity contribution in [1.82, 2.24) is 15.6 Å². The molecule has 0 aromatic rings. The van der Waals surface area contributed by atoms with E-state index in [4.69, 9.17) is 10.6 Å². The predicted molar refractivity (Wildman–Crippen MR) is 76.5 cm³/mol. The average Bonchev–Trinajstić information content (AvgIpc) is 2.36. The molecule has 18 heavy (non-hydrogen) atoms. The van der Waals surface area contributed by atoms with Crippen molar-refractivity contribution in [2.75, 3.05) is 39.9 Å². The van der Waals surface area contributed by atoms with Gasteiger partial charge in [0.25, 0.3) is 0 Å². The van der Waals surface area contributed by atoms with E-state index < -0.39 is 0 Å². The predicted octanol–water partition coefficient (Wildman–Crippen LogP) is 0.162. The van der Waals surface area contributed by atoms with Gasteiger partial charge in [-0.1, -0.05) is 13.8 Å². The first-order chi connectivity index (χ1) is 8.67. The maximum atomic E-state index is 5.43. The fraction of sp³-hybridized carbons (Fsp3) is 0.917. The minimum absolute atomic E-state index is 0.183. The van der Waals surface area contributed by atoms with Crippen molar-refractivity contribution in [3.8, 4) is 0 Å². The third kappa shape index (κ3) is 8.27. The van der Waals surface area contributed by atoms with E-state index in [-0.39, 0.29) is 6.04 Å². The van der Waals surface area contributed by atoms with E-state index in [2.05, 4.69) is 34.5 Å². The van der Waals surface area contributed by atoms with Crippen LogP contribution >= 0.6 is 0 Å². The zero-order chi connectivity index (χ0) is 13.8. The summed E-state index contributed by atoms with van der Waals surface area (Å²) in [7, 11) is 1.68. The van der Waals surface area contributed by atoms with Crippen LogP contribution in [-0.2, 0) is 4.74 Å². The SMILES string of the molecule is CCCN(CC)CCN=C(NN)NC(C)COC. The third-order valence-electron chi connectivity index (χ3n) is 2.61. The van der Waals surface area contributed by atoms with E-state index in [1.165, 1.54) is 6.42 Å². The highest BCUT2D eigenvalue weighted by Crippen LogP contribution is 1.90. The molecule has 0 aromatic carbocycles. The molecule has 0 aliphatic heterocycles. The van der Waals surface area contributed by atoms with E-state index >= 15 is 0 Å². The molecule has 1 unspecified atom stereocenters. The Kier molecular flexibility index (Phi) is 10.7. The maximum absolute atomic E-state index is 5.43. The molecule has 0 radical (unpaired) electrons. The molecule has 0 heterocycles. The number of likely N-dealkylation sites (N-methyl/N-ethyl adjacent to an activating group) is 1. The Hall–Kier alpha value is -0.850. The normalized spacial score (nSPS) is 13.8. The minimum atomic E-state index is 0.183. The number of rotatable bonds is 9. The first-order valence-corrected chi connectivity index (χ1v) is 6.66. The van der Waals surface area contributed by atoms with Crippen molar-refractivity contribution in [2.24, 2.45) is 10.8 Å². The zero-order valence-electron chi connectivity index (χ0n) is 12.2. The maximum Gasteiger partial charge on any atom is 0.206 e. The van der Waals surface area contributed by atoms with Crippen molar-refractivity contribution in [1.29, 1.82) is 0 Å². The molecule has 0 spiro atoms. The number of nitrogens with one attached hydrogen (secondary N) is 2. The molecule has 0 fully saturated rings. The van der Waals surface area contributed by atoms with E-state index in [0.717, 1.165) is 26.2 Å². The lowest BCUT2D eigenvalue weighted by molar-refractivity contribution is 0.179. The van der Waals surface area contributed by atoms with Crippen LogP contribution in [0.25, 0.3) is 0 Å². The van der Waals surface area contributed by atoms with Crippen molar-refractivity contribution < 1.29 is 4.74 Å². The summed E-state index contributed by atoms with van der Waals surface area (Å²) in [6.07, 6.45) is 1.17. The highest BCUT2D eigenvalue weighted by atomic mass is 16.5. The van der Waals surface area contributed by atoms with Gasteiger partial charge in [0.1, 0.15) is 0 Å². The summed E-state index contributed by atoms with van der Waals surface area (Å²) in [6.45, 7) is 10.9. The Bertz CT molecular complexity index is 223. The summed E-state index contributed by atoms with van der Waals surface area (Å²) in [4.78, 5) is 6.78. The molecular weight excluding hydrogens is 230 g/mol. The van der Waals surface area contributed by atoms with Crippen LogP contribution in [0.5, 0.6) is 0 Å². The monoisotopic (exact) mass is 259 g/mol. The van der Waals surface area contributed by atoms with Crippen molar-refractivity contribution >= 4 is 5.96 Å². The molecule has 4 N–H and O–H groups in total. The van der Waals surface area contributed by atoms with E-state index in [1.54, 1.807) is 7.11 Å². The molecule has 0 saturated heterocycles. The Morgan fingerprint density at radius 1 is 1.39 bits per heavy atom. The molecule has 0 saturated carbocycles. The van der Waals surface area contributed by atoms with E-state index in [9.17, 15) is 0 Å². The van der Waals surface area contributed by atoms with Gasteiger partial charge in [-0.05, 0) is 26.4 Å². The minimum Gasteiger partial charge on any atom is -0.383 e. The van der Waals surface area contributed by atoms with Crippen LogP contribution in [0.2, 0.25) is 0 Å². The van der Waals surface area contributed by atoms with Gasteiger partial charge in [-0.3, -0.25) is 10.4 Å². The lowest BCUT2D eigenvalue weighted by Gasteiger charge is -2.19. The smallest absolute Gasteiger partial charge is 0.206 e. The molecule has 0 aromatic heterocycles. The lowest BCUT2D eigenvalue weighted by atomic mass is 10.4. The van der Waals surface area contributed by atoms with Crippen LogP contribution in [0.1, 0.15) is 27.2 Å². The first-order valence-electron chi connectivity index (χ1n) is 6.66. The molecule has 0 aliphatic carbocycles. The number of hydrogen-bond acceptors (Lipinski definition) is 4. The number of hydrogen-bond donors (Lipinski definition) is 3. The fourth-order valence-corrected chi connectivity index (χ4v) is 1.71. The number of nitrogens with zero attached hydrogens (tertiary/aromatic N) is 2. The molecular formula is C12H29N5O. The Morgan fingerprint density at radius 3 is 2.61 bits per heavy atom. The second-order valence-electron chi connectivity index (χ2n) is 4.31. The first kappa shape index (κ1) is 17.2. The van der Waals surface area contributed by atoms with Gasteiger partial charge < -0.3 is 15.0 Å². The molecule has 108 valence electrons. The van der Waals surface area contributed by atoms with E-state index in [1.807, 2.05) is 6.92 Å². The highest BCUT2D eigenvalue weighted by Gasteiger charge is 2.04. The number of aliphatic imine (C=N–C) groups is 1. The summed E-state index contributed by atoms with van der Waals surface area (Å²) in [6, 6.07) is 0.183. The van der Waals surface area contributed by atoms with Crippen LogP contribution in [0.4, 0.5) is 0 Å². The van der Waals surface area contributed by atoms with Gasteiger partial charge in [0.2, 0.25) is 5.96 Å².